The third kappa shape index (κ3) is 5.66. The number of hydrogen-bond acceptors (Lipinski definition) is 1. The van der Waals surface area contributed by atoms with Crippen molar-refractivity contribution in [3.8, 4) is 39.1 Å². The zero-order valence-corrected chi connectivity index (χ0v) is 31.8. The fourth-order valence-corrected chi connectivity index (χ4v) is 8.97. The molecule has 0 atom stereocenters. The van der Waals surface area contributed by atoms with E-state index in [2.05, 4.69) is 240 Å². The molecule has 10 aromatic carbocycles. The maximum atomic E-state index is 2.45. The van der Waals surface area contributed by atoms with Gasteiger partial charge in [0.1, 0.15) is 0 Å². The zero-order valence-electron chi connectivity index (χ0n) is 31.8. The van der Waals surface area contributed by atoms with Crippen LogP contribution >= 0.6 is 0 Å². The molecule has 0 fully saturated rings. The van der Waals surface area contributed by atoms with Gasteiger partial charge in [0, 0.05) is 33.4 Å². The Morgan fingerprint density at radius 2 is 0.810 bits per heavy atom. The van der Waals surface area contributed by atoms with Crippen LogP contribution in [0.5, 0.6) is 0 Å². The number of para-hydroxylation sites is 2. The Balaban J connectivity index is 1.19. The van der Waals surface area contributed by atoms with Crippen molar-refractivity contribution >= 4 is 60.4 Å². The molecule has 0 unspecified atom stereocenters. The van der Waals surface area contributed by atoms with E-state index in [1.165, 1.54) is 76.7 Å². The van der Waals surface area contributed by atoms with Crippen LogP contribution in [-0.4, -0.2) is 4.57 Å². The van der Waals surface area contributed by atoms with Gasteiger partial charge >= 0.3 is 0 Å². The highest BCUT2D eigenvalue weighted by Gasteiger charge is 2.23. The molecule has 58 heavy (non-hydrogen) atoms. The van der Waals surface area contributed by atoms with Gasteiger partial charge in [-0.3, -0.25) is 0 Å². The Kier molecular flexibility index (Phi) is 8.19. The predicted molar refractivity (Wildman–Crippen MR) is 247 cm³/mol. The summed E-state index contributed by atoms with van der Waals surface area (Å²) in [5, 5.41) is 7.41. The van der Waals surface area contributed by atoms with Gasteiger partial charge in [-0.2, -0.15) is 0 Å². The van der Waals surface area contributed by atoms with Gasteiger partial charge in [0.05, 0.1) is 16.7 Å². The fraction of sp³-hybridized carbons (Fsp3) is 0. The molecule has 11 aromatic rings. The van der Waals surface area contributed by atoms with Crippen LogP contribution in [0, 0.1) is 0 Å². The largest absolute Gasteiger partial charge is 0.310 e. The lowest BCUT2D eigenvalue weighted by atomic mass is 9.87. The summed E-state index contributed by atoms with van der Waals surface area (Å²) in [7, 11) is 0. The number of benzene rings is 10. The van der Waals surface area contributed by atoms with Crippen molar-refractivity contribution in [3.63, 3.8) is 0 Å². The van der Waals surface area contributed by atoms with E-state index >= 15 is 0 Å². The van der Waals surface area contributed by atoms with Crippen molar-refractivity contribution < 1.29 is 0 Å². The van der Waals surface area contributed by atoms with Crippen molar-refractivity contribution in [2.24, 2.45) is 0 Å². The molecule has 0 amide bonds. The summed E-state index contributed by atoms with van der Waals surface area (Å²) in [6, 6.07) is 83.8. The Hall–Kier alpha value is -7.68. The monoisotopic (exact) mass is 738 g/mol. The minimum absolute atomic E-state index is 1.08. The lowest BCUT2D eigenvalue weighted by molar-refractivity contribution is 1.17. The van der Waals surface area contributed by atoms with Crippen LogP contribution in [0.1, 0.15) is 0 Å². The number of fused-ring (bicyclic) bond motifs is 5. The van der Waals surface area contributed by atoms with Gasteiger partial charge in [0.25, 0.3) is 0 Å². The van der Waals surface area contributed by atoms with E-state index < -0.39 is 0 Å². The molecule has 0 aliphatic heterocycles. The minimum atomic E-state index is 1.08. The number of nitrogens with zero attached hydrogens (tertiary/aromatic N) is 2. The van der Waals surface area contributed by atoms with Gasteiger partial charge < -0.3 is 9.47 Å². The van der Waals surface area contributed by atoms with E-state index in [1.54, 1.807) is 0 Å². The topological polar surface area (TPSA) is 8.17 Å². The lowest BCUT2D eigenvalue weighted by Crippen LogP contribution is -2.12. The summed E-state index contributed by atoms with van der Waals surface area (Å²) in [6.45, 7) is 0. The smallest absolute Gasteiger partial charge is 0.0546 e. The molecule has 2 heteroatoms. The van der Waals surface area contributed by atoms with E-state index in [0.717, 1.165) is 22.7 Å². The Labute approximate surface area is 338 Å². The van der Waals surface area contributed by atoms with Crippen LogP contribution in [-0.2, 0) is 0 Å². The van der Waals surface area contributed by atoms with E-state index in [9.17, 15) is 0 Å². The molecule has 0 N–H and O–H groups in total. The second-order valence-corrected chi connectivity index (χ2v) is 14.9. The third-order valence-electron chi connectivity index (χ3n) is 11.6. The fourth-order valence-electron chi connectivity index (χ4n) is 8.97. The number of aromatic nitrogens is 1. The van der Waals surface area contributed by atoms with Crippen molar-refractivity contribution in [2.75, 3.05) is 4.90 Å². The molecule has 0 saturated carbocycles. The van der Waals surface area contributed by atoms with Crippen LogP contribution in [0.4, 0.5) is 17.1 Å². The van der Waals surface area contributed by atoms with Gasteiger partial charge in [-0.1, -0.05) is 176 Å². The summed E-state index contributed by atoms with van der Waals surface area (Å²) in [4.78, 5) is 2.45. The van der Waals surface area contributed by atoms with Crippen molar-refractivity contribution in [2.45, 2.75) is 0 Å². The first kappa shape index (κ1) is 33.6. The first-order valence-electron chi connectivity index (χ1n) is 19.9. The molecule has 0 radical (unpaired) electrons. The first-order chi connectivity index (χ1) is 28.8. The molecule has 2 nitrogen and oxygen atoms in total. The highest BCUT2D eigenvalue weighted by atomic mass is 15.1. The molecular weight excluding hydrogens is 701 g/mol. The van der Waals surface area contributed by atoms with E-state index in [4.69, 9.17) is 0 Å². The van der Waals surface area contributed by atoms with Crippen LogP contribution in [0.15, 0.2) is 231 Å². The third-order valence-corrected chi connectivity index (χ3v) is 11.6. The standard InChI is InChI=1S/C56H38N2/c1-2-16-39(17-3-1)42-22-12-23-45(38-42)57(43-34-36-44(37-35-43)58-53-31-10-8-26-49(53)50-27-9-11-32-54(50)58)55-33-15-30-52(48-28-13-20-40-18-4-6-24-46(40)48)56(55)51-29-14-21-41-19-5-7-25-47(41)51/h1-38H. The van der Waals surface area contributed by atoms with Crippen molar-refractivity contribution in [1.82, 2.24) is 4.57 Å². The molecular formula is C56H38N2. The predicted octanol–water partition coefficient (Wildman–Crippen LogP) is 15.6. The Morgan fingerprint density at radius 1 is 0.310 bits per heavy atom. The molecule has 0 saturated heterocycles. The Bertz CT molecular complexity index is 3220. The zero-order chi connectivity index (χ0) is 38.4. The van der Waals surface area contributed by atoms with Crippen LogP contribution in [0.2, 0.25) is 0 Å². The van der Waals surface area contributed by atoms with Crippen LogP contribution in [0.3, 0.4) is 0 Å². The van der Waals surface area contributed by atoms with E-state index in [1.807, 2.05) is 0 Å². The highest BCUT2D eigenvalue weighted by Crippen LogP contribution is 2.49. The van der Waals surface area contributed by atoms with Gasteiger partial charge in [0.2, 0.25) is 0 Å². The SMILES string of the molecule is c1ccc(-c2cccc(N(c3ccc(-n4c5ccccc5c5ccccc54)cc3)c3cccc(-c4cccc5ccccc45)c3-c3cccc4ccccc34)c2)cc1. The van der Waals surface area contributed by atoms with Gasteiger partial charge in [-0.15, -0.1) is 0 Å². The summed E-state index contributed by atoms with van der Waals surface area (Å²) in [6.07, 6.45) is 0. The average molecular weight is 739 g/mol. The first-order valence-corrected chi connectivity index (χ1v) is 19.9. The second kappa shape index (κ2) is 14.1. The van der Waals surface area contributed by atoms with Crippen LogP contribution < -0.4 is 4.90 Å². The molecule has 0 aliphatic carbocycles. The minimum Gasteiger partial charge on any atom is -0.310 e. The summed E-state index contributed by atoms with van der Waals surface area (Å²) in [5.41, 5.74) is 13.9. The van der Waals surface area contributed by atoms with Crippen LogP contribution in [0.25, 0.3) is 82.4 Å². The number of rotatable bonds is 7. The number of hydrogen-bond donors (Lipinski definition) is 0. The van der Waals surface area contributed by atoms with Crippen molar-refractivity contribution in [1.29, 1.82) is 0 Å². The Morgan fingerprint density at radius 3 is 1.50 bits per heavy atom. The van der Waals surface area contributed by atoms with E-state index in [-0.39, 0.29) is 0 Å². The average Bonchev–Trinajstić information content (AvgIpc) is 3.64. The quantitative estimate of drug-likeness (QED) is 0.158. The molecule has 1 heterocycles. The maximum Gasteiger partial charge on any atom is 0.0546 e. The van der Waals surface area contributed by atoms with Gasteiger partial charge in [-0.05, 0) is 104 Å². The van der Waals surface area contributed by atoms with Gasteiger partial charge in [0.15, 0.2) is 0 Å². The molecule has 0 bridgehead atoms. The van der Waals surface area contributed by atoms with Crippen molar-refractivity contribution in [3.05, 3.63) is 231 Å². The van der Waals surface area contributed by atoms with Gasteiger partial charge in [-0.25, -0.2) is 0 Å². The highest BCUT2D eigenvalue weighted by molar-refractivity contribution is 6.11. The lowest BCUT2D eigenvalue weighted by Gasteiger charge is -2.30. The second-order valence-electron chi connectivity index (χ2n) is 14.9. The molecule has 0 spiro atoms. The maximum absolute atomic E-state index is 2.45. The summed E-state index contributed by atoms with van der Waals surface area (Å²) >= 11 is 0. The normalized spacial score (nSPS) is 11.4. The molecule has 11 rings (SSSR count). The number of anilines is 3. The summed E-state index contributed by atoms with van der Waals surface area (Å²) < 4.78 is 2.39. The van der Waals surface area contributed by atoms with E-state index in [0.29, 0.717) is 0 Å². The molecule has 1 aromatic heterocycles. The molecule has 0 aliphatic rings. The molecule has 272 valence electrons. The summed E-state index contributed by atoms with van der Waals surface area (Å²) in [5.74, 6) is 0.